The van der Waals surface area contributed by atoms with Crippen LogP contribution >= 0.6 is 0 Å². The van der Waals surface area contributed by atoms with E-state index in [2.05, 4.69) is 4.72 Å². The Kier molecular flexibility index (Phi) is 5.14. The Bertz CT molecular complexity index is 680. The van der Waals surface area contributed by atoms with E-state index < -0.39 is 20.2 Å². The maximum Gasteiger partial charge on any atom is 0.301 e. The van der Waals surface area contributed by atoms with Crippen molar-refractivity contribution in [1.82, 2.24) is 4.31 Å². The van der Waals surface area contributed by atoms with E-state index in [0.717, 1.165) is 0 Å². The van der Waals surface area contributed by atoms with Crippen molar-refractivity contribution in [3.63, 3.8) is 0 Å². The third-order valence-electron chi connectivity index (χ3n) is 2.79. The molecule has 0 fully saturated rings. The van der Waals surface area contributed by atoms with Gasteiger partial charge in [-0.1, -0.05) is 19.9 Å². The van der Waals surface area contributed by atoms with Gasteiger partial charge in [-0.05, 0) is 24.6 Å². The molecule has 0 saturated heterocycles. The summed E-state index contributed by atoms with van der Waals surface area (Å²) in [5.74, 6) is 0. The highest BCUT2D eigenvalue weighted by Crippen LogP contribution is 2.20. The van der Waals surface area contributed by atoms with Crippen molar-refractivity contribution in [2.24, 2.45) is 5.14 Å². The van der Waals surface area contributed by atoms with Gasteiger partial charge in [0, 0.05) is 13.1 Å². The monoisotopic (exact) mass is 321 g/mol. The van der Waals surface area contributed by atoms with Gasteiger partial charge in [0.15, 0.2) is 0 Å². The van der Waals surface area contributed by atoms with Crippen LogP contribution in [-0.2, 0) is 20.2 Å². The largest absolute Gasteiger partial charge is 0.301 e. The third-order valence-corrected chi connectivity index (χ3v) is 5.53. The quantitative estimate of drug-likeness (QED) is 0.801. The number of nitrogens with one attached hydrogen (secondary N) is 1. The molecule has 1 aromatic carbocycles. The first kappa shape index (κ1) is 16.9. The molecule has 0 aliphatic heterocycles. The lowest BCUT2D eigenvalue weighted by atomic mass is 10.2. The molecule has 0 spiro atoms. The van der Waals surface area contributed by atoms with Crippen molar-refractivity contribution < 1.29 is 16.8 Å². The standard InChI is InChI=1S/C11H19N3O4S2/c1-4-14(5-2)20(17,18)13-10-7-6-9(3)11(8-10)19(12,15)16/h6-8,13H,4-5H2,1-3H3,(H2,12,15,16). The zero-order valence-electron chi connectivity index (χ0n) is 11.6. The van der Waals surface area contributed by atoms with Gasteiger partial charge in [0.25, 0.3) is 0 Å². The van der Waals surface area contributed by atoms with Gasteiger partial charge in [-0.25, -0.2) is 13.6 Å². The number of rotatable bonds is 6. The van der Waals surface area contributed by atoms with Crippen LogP contribution in [0.5, 0.6) is 0 Å². The first-order valence-corrected chi connectivity index (χ1v) is 9.01. The molecule has 0 atom stereocenters. The zero-order chi connectivity index (χ0) is 15.6. The van der Waals surface area contributed by atoms with E-state index in [-0.39, 0.29) is 10.6 Å². The SMILES string of the molecule is CCN(CC)S(=O)(=O)Nc1ccc(C)c(S(N)(=O)=O)c1. The molecule has 0 aliphatic carbocycles. The first-order chi connectivity index (χ1) is 9.11. The number of hydrogen-bond acceptors (Lipinski definition) is 4. The predicted molar refractivity (Wildman–Crippen MR) is 78.0 cm³/mol. The Morgan fingerprint density at radius 2 is 1.70 bits per heavy atom. The normalized spacial score (nSPS) is 12.7. The van der Waals surface area contributed by atoms with Crippen LogP contribution in [0.4, 0.5) is 5.69 Å². The van der Waals surface area contributed by atoms with Gasteiger partial charge in [0.1, 0.15) is 0 Å². The predicted octanol–water partition coefficient (Wildman–Crippen LogP) is 0.641. The fraction of sp³-hybridized carbons (Fsp3) is 0.455. The number of anilines is 1. The number of aryl methyl sites for hydroxylation is 1. The van der Waals surface area contributed by atoms with Crippen molar-refractivity contribution >= 4 is 25.9 Å². The van der Waals surface area contributed by atoms with Crippen LogP contribution < -0.4 is 9.86 Å². The van der Waals surface area contributed by atoms with Gasteiger partial charge in [0.05, 0.1) is 10.6 Å². The molecule has 0 unspecified atom stereocenters. The Morgan fingerprint density at radius 3 is 2.15 bits per heavy atom. The first-order valence-electron chi connectivity index (χ1n) is 6.03. The summed E-state index contributed by atoms with van der Waals surface area (Å²) < 4.78 is 50.5. The summed E-state index contributed by atoms with van der Waals surface area (Å²) in [6.45, 7) is 5.66. The molecule has 3 N–H and O–H groups in total. The molecule has 0 bridgehead atoms. The summed E-state index contributed by atoms with van der Waals surface area (Å²) in [6, 6.07) is 4.20. The van der Waals surface area contributed by atoms with Crippen molar-refractivity contribution in [3.8, 4) is 0 Å². The van der Waals surface area contributed by atoms with Gasteiger partial charge in [-0.3, -0.25) is 4.72 Å². The summed E-state index contributed by atoms with van der Waals surface area (Å²) in [4.78, 5) is -0.0998. The Balaban J connectivity index is 3.18. The van der Waals surface area contributed by atoms with Crippen LogP contribution in [0.2, 0.25) is 0 Å². The average molecular weight is 321 g/mol. The molecule has 0 heterocycles. The zero-order valence-corrected chi connectivity index (χ0v) is 13.3. The minimum absolute atomic E-state index is 0.0998. The minimum atomic E-state index is -3.89. The number of sulfonamides is 1. The maximum absolute atomic E-state index is 12.0. The molecular weight excluding hydrogens is 302 g/mol. The summed E-state index contributed by atoms with van der Waals surface area (Å²) in [5.41, 5.74) is 0.616. The lowest BCUT2D eigenvalue weighted by molar-refractivity contribution is 0.449. The molecule has 9 heteroatoms. The highest BCUT2D eigenvalue weighted by molar-refractivity contribution is 7.90. The average Bonchev–Trinajstić information content (AvgIpc) is 2.31. The van der Waals surface area contributed by atoms with Crippen LogP contribution in [0.3, 0.4) is 0 Å². The van der Waals surface area contributed by atoms with Crippen molar-refractivity contribution in [2.75, 3.05) is 17.8 Å². The summed E-state index contributed by atoms with van der Waals surface area (Å²) in [5, 5.41) is 5.09. The van der Waals surface area contributed by atoms with Gasteiger partial charge >= 0.3 is 10.2 Å². The van der Waals surface area contributed by atoms with Crippen LogP contribution in [-0.4, -0.2) is 34.2 Å². The van der Waals surface area contributed by atoms with Crippen LogP contribution in [0.1, 0.15) is 19.4 Å². The van der Waals surface area contributed by atoms with E-state index >= 15 is 0 Å². The van der Waals surface area contributed by atoms with Crippen LogP contribution in [0.25, 0.3) is 0 Å². The van der Waals surface area contributed by atoms with E-state index in [0.29, 0.717) is 18.7 Å². The Hall–Kier alpha value is -1.16. The lowest BCUT2D eigenvalue weighted by Crippen LogP contribution is -2.35. The second kappa shape index (κ2) is 6.08. The fourth-order valence-corrected chi connectivity index (χ4v) is 3.79. The number of primary sulfonamides is 1. The van der Waals surface area contributed by atoms with E-state index in [1.165, 1.54) is 22.5 Å². The van der Waals surface area contributed by atoms with E-state index in [1.54, 1.807) is 20.8 Å². The summed E-state index contributed by atoms with van der Waals surface area (Å²) in [6.07, 6.45) is 0. The molecule has 0 aromatic heterocycles. The molecule has 1 aromatic rings. The minimum Gasteiger partial charge on any atom is -0.271 e. The van der Waals surface area contributed by atoms with E-state index in [1.807, 2.05) is 0 Å². The molecule has 7 nitrogen and oxygen atoms in total. The van der Waals surface area contributed by atoms with Crippen molar-refractivity contribution in [3.05, 3.63) is 23.8 Å². The van der Waals surface area contributed by atoms with Crippen molar-refractivity contribution in [1.29, 1.82) is 0 Å². The van der Waals surface area contributed by atoms with Crippen LogP contribution in [0.15, 0.2) is 23.1 Å². The number of nitrogens with two attached hydrogens (primary N) is 1. The summed E-state index contributed by atoms with van der Waals surface area (Å²) >= 11 is 0. The Morgan fingerprint density at radius 1 is 1.15 bits per heavy atom. The number of nitrogens with zero attached hydrogens (tertiary/aromatic N) is 1. The van der Waals surface area contributed by atoms with Gasteiger partial charge in [-0.2, -0.15) is 12.7 Å². The van der Waals surface area contributed by atoms with Gasteiger partial charge in [-0.15, -0.1) is 0 Å². The number of benzene rings is 1. The van der Waals surface area contributed by atoms with Crippen molar-refractivity contribution in [2.45, 2.75) is 25.7 Å². The smallest absolute Gasteiger partial charge is 0.271 e. The molecule has 0 saturated carbocycles. The Labute approximate surface area is 120 Å². The third kappa shape index (κ3) is 3.92. The van der Waals surface area contributed by atoms with E-state index in [9.17, 15) is 16.8 Å². The molecular formula is C11H19N3O4S2. The molecule has 0 aliphatic rings. The molecule has 1 rings (SSSR count). The fourth-order valence-electron chi connectivity index (χ4n) is 1.75. The molecule has 114 valence electrons. The second-order valence-electron chi connectivity index (χ2n) is 4.22. The second-order valence-corrected chi connectivity index (χ2v) is 7.42. The van der Waals surface area contributed by atoms with Gasteiger partial charge in [0.2, 0.25) is 10.0 Å². The van der Waals surface area contributed by atoms with E-state index in [4.69, 9.17) is 5.14 Å². The molecule has 0 radical (unpaired) electrons. The molecule has 0 amide bonds. The molecule has 20 heavy (non-hydrogen) atoms. The highest BCUT2D eigenvalue weighted by atomic mass is 32.2. The highest BCUT2D eigenvalue weighted by Gasteiger charge is 2.20. The van der Waals surface area contributed by atoms with Gasteiger partial charge < -0.3 is 0 Å². The lowest BCUT2D eigenvalue weighted by Gasteiger charge is -2.19. The van der Waals surface area contributed by atoms with Crippen LogP contribution in [0, 0.1) is 6.92 Å². The number of hydrogen-bond donors (Lipinski definition) is 2. The maximum atomic E-state index is 12.0. The summed E-state index contributed by atoms with van der Waals surface area (Å²) in [7, 11) is -7.59. The topological polar surface area (TPSA) is 110 Å².